The van der Waals surface area contributed by atoms with E-state index in [0.717, 1.165) is 12.0 Å². The second kappa shape index (κ2) is 5.57. The van der Waals surface area contributed by atoms with Gasteiger partial charge in [0, 0.05) is 23.2 Å². The fourth-order valence-electron chi connectivity index (χ4n) is 2.20. The number of ether oxygens (including phenoxy) is 1. The molecule has 1 aliphatic rings. The summed E-state index contributed by atoms with van der Waals surface area (Å²) in [6.07, 6.45) is 3.31. The van der Waals surface area contributed by atoms with Crippen molar-refractivity contribution < 1.29 is 4.74 Å². The lowest BCUT2D eigenvalue weighted by atomic mass is 9.99. The molecular formula is C13H17Cl2NO. The third kappa shape index (κ3) is 3.35. The minimum absolute atomic E-state index is 0.00817. The van der Waals surface area contributed by atoms with E-state index in [9.17, 15) is 0 Å². The van der Waals surface area contributed by atoms with Crippen LogP contribution >= 0.6 is 23.2 Å². The number of rotatable bonds is 5. The molecule has 0 spiro atoms. The average molecular weight is 274 g/mol. The highest BCUT2D eigenvalue weighted by molar-refractivity contribution is 6.35. The van der Waals surface area contributed by atoms with Gasteiger partial charge in [-0.15, -0.1) is 0 Å². The quantitative estimate of drug-likeness (QED) is 0.894. The Balaban J connectivity index is 2.03. The monoisotopic (exact) mass is 273 g/mol. The Morgan fingerprint density at radius 2 is 2.12 bits per heavy atom. The van der Waals surface area contributed by atoms with Gasteiger partial charge in [0.05, 0.1) is 6.10 Å². The average Bonchev–Trinajstić information content (AvgIpc) is 3.08. The van der Waals surface area contributed by atoms with Crippen LogP contribution in [0.15, 0.2) is 18.2 Å². The van der Waals surface area contributed by atoms with Crippen molar-refractivity contribution in [2.45, 2.75) is 31.4 Å². The van der Waals surface area contributed by atoms with Gasteiger partial charge in [0.15, 0.2) is 0 Å². The molecule has 0 aromatic heterocycles. The lowest BCUT2D eigenvalue weighted by Crippen LogP contribution is -2.39. The van der Waals surface area contributed by atoms with Crippen molar-refractivity contribution in [3.8, 4) is 0 Å². The first-order valence-electron chi connectivity index (χ1n) is 5.84. The van der Waals surface area contributed by atoms with Crippen molar-refractivity contribution in [1.29, 1.82) is 0 Å². The van der Waals surface area contributed by atoms with Crippen LogP contribution in [-0.4, -0.2) is 19.3 Å². The third-order valence-electron chi connectivity index (χ3n) is 3.25. The summed E-state index contributed by atoms with van der Waals surface area (Å²) in [6.45, 7) is 0. The molecule has 1 aromatic rings. The predicted octanol–water partition coefficient (Wildman–Crippen LogP) is 3.29. The summed E-state index contributed by atoms with van der Waals surface area (Å²) >= 11 is 12.0. The van der Waals surface area contributed by atoms with E-state index in [-0.39, 0.29) is 12.1 Å². The van der Waals surface area contributed by atoms with Crippen molar-refractivity contribution in [2.75, 3.05) is 7.11 Å². The summed E-state index contributed by atoms with van der Waals surface area (Å²) in [6, 6.07) is 5.52. The lowest BCUT2D eigenvalue weighted by Gasteiger charge is -2.22. The van der Waals surface area contributed by atoms with Crippen LogP contribution in [0.4, 0.5) is 0 Å². The largest absolute Gasteiger partial charge is 0.380 e. The minimum atomic E-state index is -0.00817. The van der Waals surface area contributed by atoms with Gasteiger partial charge in [-0.3, -0.25) is 0 Å². The zero-order chi connectivity index (χ0) is 12.4. The van der Waals surface area contributed by atoms with Gasteiger partial charge in [0.1, 0.15) is 0 Å². The first-order chi connectivity index (χ1) is 8.11. The van der Waals surface area contributed by atoms with Crippen LogP contribution in [0.2, 0.25) is 10.0 Å². The summed E-state index contributed by atoms with van der Waals surface area (Å²) in [5, 5.41) is 1.33. The fraction of sp³-hybridized carbons (Fsp3) is 0.538. The summed E-state index contributed by atoms with van der Waals surface area (Å²) < 4.78 is 5.48. The Morgan fingerprint density at radius 3 is 2.65 bits per heavy atom. The Bertz CT molecular complexity index is 393. The topological polar surface area (TPSA) is 35.2 Å². The van der Waals surface area contributed by atoms with Crippen molar-refractivity contribution in [2.24, 2.45) is 11.7 Å². The van der Waals surface area contributed by atoms with Crippen LogP contribution in [0.25, 0.3) is 0 Å². The molecule has 2 unspecified atom stereocenters. The molecule has 0 bridgehead atoms. The zero-order valence-corrected chi connectivity index (χ0v) is 11.3. The van der Waals surface area contributed by atoms with Crippen LogP contribution in [-0.2, 0) is 11.2 Å². The van der Waals surface area contributed by atoms with Crippen LogP contribution in [0.5, 0.6) is 0 Å². The normalized spacial score (nSPS) is 19.1. The molecule has 1 aliphatic carbocycles. The molecule has 2 atom stereocenters. The number of hydrogen-bond acceptors (Lipinski definition) is 2. The lowest BCUT2D eigenvalue weighted by molar-refractivity contribution is 0.0627. The molecule has 0 amide bonds. The van der Waals surface area contributed by atoms with Gasteiger partial charge in [-0.05, 0) is 42.9 Å². The van der Waals surface area contributed by atoms with Crippen molar-refractivity contribution in [3.05, 3.63) is 33.8 Å². The van der Waals surface area contributed by atoms with Gasteiger partial charge in [-0.1, -0.05) is 29.3 Å². The first kappa shape index (κ1) is 13.2. The molecule has 0 radical (unpaired) electrons. The van der Waals surface area contributed by atoms with Crippen molar-refractivity contribution >= 4 is 23.2 Å². The molecule has 0 saturated heterocycles. The molecule has 2 N–H and O–H groups in total. The Hall–Kier alpha value is -0.280. The van der Waals surface area contributed by atoms with Gasteiger partial charge < -0.3 is 10.5 Å². The molecule has 1 fully saturated rings. The number of nitrogens with two attached hydrogens (primary N) is 1. The van der Waals surface area contributed by atoms with E-state index in [1.54, 1.807) is 13.2 Å². The number of methoxy groups -OCH3 is 1. The SMILES string of the molecule is COC(C(N)Cc1ccc(Cl)cc1Cl)C1CC1. The van der Waals surface area contributed by atoms with E-state index in [1.807, 2.05) is 12.1 Å². The summed E-state index contributed by atoms with van der Waals surface area (Å²) in [7, 11) is 1.73. The third-order valence-corrected chi connectivity index (χ3v) is 3.84. The molecule has 2 rings (SSSR count). The number of hydrogen-bond donors (Lipinski definition) is 1. The van der Waals surface area contributed by atoms with Crippen LogP contribution < -0.4 is 5.73 Å². The molecule has 0 heterocycles. The van der Waals surface area contributed by atoms with Crippen LogP contribution in [0, 0.1) is 5.92 Å². The second-order valence-electron chi connectivity index (χ2n) is 4.64. The minimum Gasteiger partial charge on any atom is -0.380 e. The second-order valence-corrected chi connectivity index (χ2v) is 5.49. The van der Waals surface area contributed by atoms with E-state index in [4.69, 9.17) is 33.7 Å². The number of benzene rings is 1. The first-order valence-corrected chi connectivity index (χ1v) is 6.59. The number of halogens is 2. The van der Waals surface area contributed by atoms with Gasteiger partial charge in [-0.25, -0.2) is 0 Å². The van der Waals surface area contributed by atoms with E-state index >= 15 is 0 Å². The molecule has 2 nitrogen and oxygen atoms in total. The molecule has 17 heavy (non-hydrogen) atoms. The van der Waals surface area contributed by atoms with Gasteiger partial charge in [-0.2, -0.15) is 0 Å². The maximum absolute atomic E-state index is 6.19. The van der Waals surface area contributed by atoms with Crippen LogP contribution in [0.3, 0.4) is 0 Å². The van der Waals surface area contributed by atoms with Gasteiger partial charge >= 0.3 is 0 Å². The maximum atomic E-state index is 6.19. The predicted molar refractivity (Wildman–Crippen MR) is 71.7 cm³/mol. The smallest absolute Gasteiger partial charge is 0.0753 e. The molecule has 94 valence electrons. The molecule has 1 saturated carbocycles. The summed E-state index contributed by atoms with van der Waals surface area (Å²) in [5.74, 6) is 0.626. The Kier molecular flexibility index (Phi) is 4.31. The molecular weight excluding hydrogens is 257 g/mol. The summed E-state index contributed by atoms with van der Waals surface area (Å²) in [5.41, 5.74) is 7.23. The highest BCUT2D eigenvalue weighted by atomic mass is 35.5. The van der Waals surface area contributed by atoms with E-state index in [0.29, 0.717) is 16.0 Å². The van der Waals surface area contributed by atoms with E-state index < -0.39 is 0 Å². The summed E-state index contributed by atoms with van der Waals surface area (Å²) in [4.78, 5) is 0. The standard InChI is InChI=1S/C13H17Cl2NO/c1-17-13(8-2-3-8)12(16)6-9-4-5-10(14)7-11(9)15/h4-5,7-8,12-13H,2-3,6,16H2,1H3. The molecule has 1 aromatic carbocycles. The van der Waals surface area contributed by atoms with E-state index in [2.05, 4.69) is 0 Å². The highest BCUT2D eigenvalue weighted by Gasteiger charge is 2.35. The van der Waals surface area contributed by atoms with Crippen molar-refractivity contribution in [1.82, 2.24) is 0 Å². The molecule has 0 aliphatic heterocycles. The Labute approximate surface area is 112 Å². The zero-order valence-electron chi connectivity index (χ0n) is 9.83. The van der Waals surface area contributed by atoms with Gasteiger partial charge in [0.2, 0.25) is 0 Å². The van der Waals surface area contributed by atoms with E-state index in [1.165, 1.54) is 12.8 Å². The molecule has 4 heteroatoms. The Morgan fingerprint density at radius 1 is 1.41 bits per heavy atom. The van der Waals surface area contributed by atoms with Crippen molar-refractivity contribution in [3.63, 3.8) is 0 Å². The highest BCUT2D eigenvalue weighted by Crippen LogP contribution is 2.36. The maximum Gasteiger partial charge on any atom is 0.0753 e. The fourth-order valence-corrected chi connectivity index (χ4v) is 2.68. The van der Waals surface area contributed by atoms with Gasteiger partial charge in [0.25, 0.3) is 0 Å². The van der Waals surface area contributed by atoms with Crippen LogP contribution in [0.1, 0.15) is 18.4 Å².